The van der Waals surface area contributed by atoms with Gasteiger partial charge in [-0.3, -0.25) is 14.8 Å². The van der Waals surface area contributed by atoms with E-state index in [2.05, 4.69) is 9.97 Å². The third-order valence-corrected chi connectivity index (χ3v) is 5.17. The number of carbonyl (C=O) groups excluding carboxylic acids is 1. The summed E-state index contributed by atoms with van der Waals surface area (Å²) in [5.74, 6) is -0.703. The van der Waals surface area contributed by atoms with E-state index in [4.69, 9.17) is 9.31 Å². The molecule has 0 spiro atoms. The lowest BCUT2D eigenvalue weighted by molar-refractivity contribution is 0.00578. The van der Waals surface area contributed by atoms with Crippen LogP contribution in [0.25, 0.3) is 0 Å². The summed E-state index contributed by atoms with van der Waals surface area (Å²) in [6.45, 7) is 9.52. The number of aromatic nitrogens is 2. The maximum absolute atomic E-state index is 13.6. The summed E-state index contributed by atoms with van der Waals surface area (Å²) in [6, 6.07) is 3.61. The molecule has 136 valence electrons. The lowest BCUT2D eigenvalue weighted by Crippen LogP contribution is -2.41. The van der Waals surface area contributed by atoms with E-state index in [1.54, 1.807) is 19.2 Å². The molecule has 2 aromatic heterocycles. The minimum absolute atomic E-state index is 0.0790. The van der Waals surface area contributed by atoms with Crippen LogP contribution in [-0.2, 0) is 15.7 Å². The first-order valence-corrected chi connectivity index (χ1v) is 8.54. The second-order valence-corrected chi connectivity index (χ2v) is 7.56. The molecule has 1 saturated heterocycles. The van der Waals surface area contributed by atoms with Crippen molar-refractivity contribution in [3.8, 4) is 0 Å². The maximum Gasteiger partial charge on any atom is 0.496 e. The van der Waals surface area contributed by atoms with Crippen molar-refractivity contribution in [3.63, 3.8) is 0 Å². The van der Waals surface area contributed by atoms with E-state index in [1.165, 1.54) is 6.20 Å². The molecule has 5 nitrogen and oxygen atoms in total. The van der Waals surface area contributed by atoms with Crippen LogP contribution in [-0.4, -0.2) is 34.1 Å². The molecule has 0 saturated carbocycles. The minimum atomic E-state index is -0.494. The van der Waals surface area contributed by atoms with Crippen LogP contribution in [0.2, 0.25) is 0 Å². The summed E-state index contributed by atoms with van der Waals surface area (Å²) in [5, 5.41) is 0. The van der Waals surface area contributed by atoms with Crippen molar-refractivity contribution in [1.29, 1.82) is 0 Å². The molecule has 0 radical (unpaired) electrons. The SMILES string of the molecule is Cc1c(F)cncc1C(=O)Cc1ccc(B2OC(C)(C)C(C)(C)O2)cn1. The molecule has 0 amide bonds. The lowest BCUT2D eigenvalue weighted by Gasteiger charge is -2.32. The number of halogens is 1. The summed E-state index contributed by atoms with van der Waals surface area (Å²) in [4.78, 5) is 20.5. The van der Waals surface area contributed by atoms with Crippen LogP contribution >= 0.6 is 0 Å². The number of hydrogen-bond donors (Lipinski definition) is 0. The molecular formula is C19H22BFN2O3. The number of ketones is 1. The first-order valence-electron chi connectivity index (χ1n) is 8.54. The normalized spacial score (nSPS) is 18.2. The van der Waals surface area contributed by atoms with E-state index < -0.39 is 24.1 Å². The summed E-state index contributed by atoms with van der Waals surface area (Å²) in [5.41, 5.74) is 1.13. The fraction of sp³-hybridized carbons (Fsp3) is 0.421. The van der Waals surface area contributed by atoms with Gasteiger partial charge in [0.15, 0.2) is 5.78 Å². The van der Waals surface area contributed by atoms with Gasteiger partial charge in [-0.15, -0.1) is 0 Å². The van der Waals surface area contributed by atoms with Crippen molar-refractivity contribution < 1.29 is 18.5 Å². The Hall–Kier alpha value is -2.12. The standard InChI is InChI=1S/C19H22BFN2O3/c1-12-15(10-22-11-16(12)21)17(24)8-14-7-6-13(9-23-14)20-25-18(2,3)19(4,5)26-20/h6-7,9-11H,8H2,1-5H3. The largest absolute Gasteiger partial charge is 0.496 e. The van der Waals surface area contributed by atoms with Gasteiger partial charge in [0.25, 0.3) is 0 Å². The molecule has 0 N–H and O–H groups in total. The smallest absolute Gasteiger partial charge is 0.399 e. The van der Waals surface area contributed by atoms with Crippen molar-refractivity contribution in [2.45, 2.75) is 52.2 Å². The predicted octanol–water partition coefficient (Wildman–Crippen LogP) is 2.65. The molecule has 7 heteroatoms. The van der Waals surface area contributed by atoms with Gasteiger partial charge in [-0.25, -0.2) is 4.39 Å². The zero-order valence-corrected chi connectivity index (χ0v) is 15.7. The molecule has 26 heavy (non-hydrogen) atoms. The second-order valence-electron chi connectivity index (χ2n) is 7.56. The van der Waals surface area contributed by atoms with Crippen LogP contribution in [0.15, 0.2) is 30.7 Å². The Morgan fingerprint density at radius 2 is 1.77 bits per heavy atom. The van der Waals surface area contributed by atoms with Crippen LogP contribution < -0.4 is 5.46 Å². The Labute approximate surface area is 153 Å². The van der Waals surface area contributed by atoms with Gasteiger partial charge in [-0.05, 0) is 46.2 Å². The summed E-state index contributed by atoms with van der Waals surface area (Å²) in [6.07, 6.45) is 4.22. The number of Topliss-reactive ketones (excluding diaryl/α,β-unsaturated/α-hetero) is 1. The Kier molecular flexibility index (Phi) is 4.71. The molecular weight excluding hydrogens is 334 g/mol. The van der Waals surface area contributed by atoms with Crippen LogP contribution in [0, 0.1) is 12.7 Å². The highest BCUT2D eigenvalue weighted by atomic mass is 19.1. The Bertz CT molecular complexity index is 821. The number of pyridine rings is 2. The summed E-state index contributed by atoms with van der Waals surface area (Å²) >= 11 is 0. The minimum Gasteiger partial charge on any atom is -0.399 e. The Morgan fingerprint density at radius 3 is 2.35 bits per heavy atom. The predicted molar refractivity (Wildman–Crippen MR) is 96.9 cm³/mol. The Morgan fingerprint density at radius 1 is 1.12 bits per heavy atom. The molecule has 0 aromatic carbocycles. The van der Waals surface area contributed by atoms with Crippen LogP contribution in [0.1, 0.15) is 49.3 Å². The van der Waals surface area contributed by atoms with E-state index in [0.717, 1.165) is 11.7 Å². The van der Waals surface area contributed by atoms with Gasteiger partial charge in [0.1, 0.15) is 5.82 Å². The van der Waals surface area contributed by atoms with Gasteiger partial charge >= 0.3 is 7.12 Å². The van der Waals surface area contributed by atoms with E-state index in [1.807, 2.05) is 33.8 Å². The fourth-order valence-corrected chi connectivity index (χ4v) is 2.70. The van der Waals surface area contributed by atoms with E-state index in [0.29, 0.717) is 11.3 Å². The van der Waals surface area contributed by atoms with Gasteiger partial charge in [-0.1, -0.05) is 6.07 Å². The first-order chi connectivity index (χ1) is 12.1. The lowest BCUT2D eigenvalue weighted by atomic mass is 9.80. The number of hydrogen-bond acceptors (Lipinski definition) is 5. The fourth-order valence-electron chi connectivity index (χ4n) is 2.70. The zero-order chi connectivity index (χ0) is 19.1. The highest BCUT2D eigenvalue weighted by molar-refractivity contribution is 6.62. The first kappa shape index (κ1) is 18.7. The molecule has 0 atom stereocenters. The van der Waals surface area contributed by atoms with Gasteiger partial charge < -0.3 is 9.31 Å². The Balaban J connectivity index is 1.73. The molecule has 1 aliphatic heterocycles. The van der Waals surface area contributed by atoms with Gasteiger partial charge in [-0.2, -0.15) is 0 Å². The number of nitrogens with zero attached hydrogens (tertiary/aromatic N) is 2. The second kappa shape index (κ2) is 6.56. The molecule has 3 heterocycles. The average molecular weight is 356 g/mol. The van der Waals surface area contributed by atoms with Crippen LogP contribution in [0.4, 0.5) is 4.39 Å². The third kappa shape index (κ3) is 3.41. The van der Waals surface area contributed by atoms with E-state index >= 15 is 0 Å². The highest BCUT2D eigenvalue weighted by Crippen LogP contribution is 2.36. The quantitative estimate of drug-likeness (QED) is 0.623. The van der Waals surface area contributed by atoms with Crippen LogP contribution in [0.5, 0.6) is 0 Å². The number of rotatable bonds is 4. The zero-order valence-electron chi connectivity index (χ0n) is 15.7. The van der Waals surface area contributed by atoms with Crippen molar-refractivity contribution >= 4 is 18.4 Å². The average Bonchev–Trinajstić information content (AvgIpc) is 2.78. The molecule has 1 fully saturated rings. The molecule has 0 aliphatic carbocycles. The van der Waals surface area contributed by atoms with Crippen molar-refractivity contribution in [3.05, 3.63) is 53.4 Å². The van der Waals surface area contributed by atoms with E-state index in [-0.39, 0.29) is 17.8 Å². The van der Waals surface area contributed by atoms with Crippen molar-refractivity contribution in [2.24, 2.45) is 0 Å². The molecule has 0 unspecified atom stereocenters. The third-order valence-electron chi connectivity index (χ3n) is 5.17. The molecule has 2 aromatic rings. The van der Waals surface area contributed by atoms with Crippen LogP contribution in [0.3, 0.4) is 0 Å². The van der Waals surface area contributed by atoms with Gasteiger partial charge in [0.05, 0.1) is 23.8 Å². The summed E-state index contributed by atoms with van der Waals surface area (Å²) < 4.78 is 25.6. The number of carbonyl (C=O) groups is 1. The van der Waals surface area contributed by atoms with Gasteiger partial charge in [0.2, 0.25) is 0 Å². The van der Waals surface area contributed by atoms with Gasteiger partial charge in [0, 0.05) is 29.1 Å². The van der Waals surface area contributed by atoms with Crippen molar-refractivity contribution in [2.75, 3.05) is 0 Å². The monoisotopic (exact) mass is 356 g/mol. The topological polar surface area (TPSA) is 61.3 Å². The van der Waals surface area contributed by atoms with Crippen molar-refractivity contribution in [1.82, 2.24) is 9.97 Å². The maximum atomic E-state index is 13.6. The highest BCUT2D eigenvalue weighted by Gasteiger charge is 2.51. The molecule has 1 aliphatic rings. The summed E-state index contributed by atoms with van der Waals surface area (Å²) in [7, 11) is -0.494. The molecule has 0 bridgehead atoms. The molecule has 3 rings (SSSR count). The van der Waals surface area contributed by atoms with E-state index in [9.17, 15) is 9.18 Å².